The number of hydrogen-bond acceptors (Lipinski definition) is 3. The molecule has 0 aliphatic heterocycles. The van der Waals surface area contributed by atoms with Crippen molar-refractivity contribution in [2.75, 3.05) is 7.11 Å². The number of rotatable bonds is 4. The second kappa shape index (κ2) is 7.19. The lowest BCUT2D eigenvalue weighted by molar-refractivity contribution is 0.181. The molecule has 0 spiro atoms. The third-order valence-electron chi connectivity index (χ3n) is 4.14. The quantitative estimate of drug-likeness (QED) is 0.423. The fourth-order valence-electron chi connectivity index (χ4n) is 2.98. The Hall–Kier alpha value is -2.21. The predicted octanol–water partition coefficient (Wildman–Crippen LogP) is 5.63. The molecule has 0 fully saturated rings. The first-order chi connectivity index (χ1) is 12.7. The molecule has 2 aromatic heterocycles. The maximum absolute atomic E-state index is 6.03. The van der Waals surface area contributed by atoms with E-state index in [1.54, 1.807) is 13.3 Å². The van der Waals surface area contributed by atoms with Crippen molar-refractivity contribution in [3.8, 4) is 22.4 Å². The van der Waals surface area contributed by atoms with E-state index in [1.807, 2.05) is 47.0 Å². The monoisotopic (exact) mass is 427 g/mol. The summed E-state index contributed by atoms with van der Waals surface area (Å²) in [6.07, 6.45) is 1.81. The fourth-order valence-corrected chi connectivity index (χ4v) is 3.37. The van der Waals surface area contributed by atoms with E-state index in [4.69, 9.17) is 21.4 Å². The van der Waals surface area contributed by atoms with Gasteiger partial charge < -0.3 is 4.74 Å². The lowest BCUT2D eigenvalue weighted by Crippen LogP contribution is -1.96. The van der Waals surface area contributed by atoms with Gasteiger partial charge in [-0.15, -0.1) is 0 Å². The van der Waals surface area contributed by atoms with Crippen LogP contribution in [0.2, 0.25) is 5.02 Å². The molecule has 2 aromatic carbocycles. The molecule has 0 N–H and O–H groups in total. The van der Waals surface area contributed by atoms with E-state index < -0.39 is 0 Å². The molecule has 4 nitrogen and oxygen atoms in total. The minimum atomic E-state index is 0.412. The van der Waals surface area contributed by atoms with Crippen molar-refractivity contribution in [2.45, 2.75) is 6.61 Å². The summed E-state index contributed by atoms with van der Waals surface area (Å²) in [5, 5.41) is 5.49. The van der Waals surface area contributed by atoms with Gasteiger partial charge in [0.1, 0.15) is 0 Å². The Balaban J connectivity index is 1.96. The highest BCUT2D eigenvalue weighted by atomic mass is 79.9. The minimum absolute atomic E-state index is 0.412. The van der Waals surface area contributed by atoms with Crippen LogP contribution in [0.3, 0.4) is 0 Å². The average Bonchev–Trinajstić information content (AvgIpc) is 3.02. The summed E-state index contributed by atoms with van der Waals surface area (Å²) in [6, 6.07) is 17.8. The van der Waals surface area contributed by atoms with Crippen LogP contribution >= 0.6 is 27.5 Å². The van der Waals surface area contributed by atoms with Crippen LogP contribution in [0.15, 0.2) is 65.3 Å². The third-order valence-corrected chi connectivity index (χ3v) is 4.93. The molecule has 26 heavy (non-hydrogen) atoms. The Kier molecular flexibility index (Phi) is 4.76. The number of aromatic nitrogens is 3. The van der Waals surface area contributed by atoms with E-state index in [-0.39, 0.29) is 0 Å². The third kappa shape index (κ3) is 3.14. The first-order valence-electron chi connectivity index (χ1n) is 8.05. The van der Waals surface area contributed by atoms with Crippen LogP contribution in [0.25, 0.3) is 28.0 Å². The largest absolute Gasteiger partial charge is 0.378 e. The number of methoxy groups -OCH3 is 1. The maximum atomic E-state index is 6.03. The zero-order valence-corrected chi connectivity index (χ0v) is 16.3. The van der Waals surface area contributed by atoms with Crippen LogP contribution in [0.4, 0.5) is 0 Å². The molecule has 0 saturated carbocycles. The van der Waals surface area contributed by atoms with E-state index in [9.17, 15) is 0 Å². The molecule has 4 rings (SSSR count). The van der Waals surface area contributed by atoms with Crippen LogP contribution < -0.4 is 0 Å². The number of fused-ring (bicyclic) bond motifs is 1. The Labute approximate surface area is 164 Å². The predicted molar refractivity (Wildman–Crippen MR) is 107 cm³/mol. The molecular weight excluding hydrogens is 414 g/mol. The van der Waals surface area contributed by atoms with Crippen molar-refractivity contribution in [1.29, 1.82) is 0 Å². The Bertz CT molecular complexity index is 1060. The van der Waals surface area contributed by atoms with Crippen molar-refractivity contribution < 1.29 is 4.74 Å². The number of nitrogens with zero attached hydrogens (tertiary/aromatic N) is 3. The van der Waals surface area contributed by atoms with Crippen molar-refractivity contribution in [1.82, 2.24) is 14.6 Å². The van der Waals surface area contributed by atoms with Crippen molar-refractivity contribution in [3.63, 3.8) is 0 Å². The van der Waals surface area contributed by atoms with E-state index in [0.717, 1.165) is 38.2 Å². The zero-order valence-electron chi connectivity index (χ0n) is 14.0. The summed E-state index contributed by atoms with van der Waals surface area (Å²) >= 11 is 9.51. The molecule has 0 unspecified atom stereocenters. The fraction of sp³-hybridized carbons (Fsp3) is 0.100. The highest BCUT2D eigenvalue weighted by Crippen LogP contribution is 2.31. The van der Waals surface area contributed by atoms with Gasteiger partial charge in [-0.05, 0) is 35.9 Å². The minimum Gasteiger partial charge on any atom is -0.378 e. The topological polar surface area (TPSA) is 39.4 Å². The van der Waals surface area contributed by atoms with Crippen LogP contribution in [-0.2, 0) is 11.3 Å². The Morgan fingerprint density at radius 1 is 1.00 bits per heavy atom. The lowest BCUT2D eigenvalue weighted by Gasteiger charge is -2.05. The normalized spacial score (nSPS) is 11.2. The highest BCUT2D eigenvalue weighted by molar-refractivity contribution is 9.10. The first kappa shape index (κ1) is 17.2. The Morgan fingerprint density at radius 2 is 1.69 bits per heavy atom. The smallest absolute Gasteiger partial charge is 0.163 e. The van der Waals surface area contributed by atoms with Crippen LogP contribution in [0.5, 0.6) is 0 Å². The molecule has 6 heteroatoms. The van der Waals surface area contributed by atoms with E-state index in [1.165, 1.54) is 0 Å². The van der Waals surface area contributed by atoms with Gasteiger partial charge in [0, 0.05) is 28.4 Å². The second-order valence-electron chi connectivity index (χ2n) is 5.83. The second-order valence-corrected chi connectivity index (χ2v) is 7.19. The van der Waals surface area contributed by atoms with Crippen molar-refractivity contribution in [3.05, 3.63) is 76.0 Å². The summed E-state index contributed by atoms with van der Waals surface area (Å²) in [7, 11) is 1.67. The molecule has 0 aliphatic carbocycles. The SMILES string of the molecule is COCc1nn2c(-c3ccc(Cl)cc3)ccnc2c1-c1ccc(Br)cc1. The van der Waals surface area contributed by atoms with E-state index >= 15 is 0 Å². The summed E-state index contributed by atoms with van der Waals surface area (Å²) in [4.78, 5) is 4.59. The summed E-state index contributed by atoms with van der Waals surface area (Å²) < 4.78 is 8.27. The molecule has 0 saturated heterocycles. The molecular formula is C20H15BrClN3O. The van der Waals surface area contributed by atoms with Gasteiger partial charge in [0.2, 0.25) is 0 Å². The van der Waals surface area contributed by atoms with Gasteiger partial charge in [0.15, 0.2) is 5.65 Å². The van der Waals surface area contributed by atoms with Crippen LogP contribution in [0, 0.1) is 0 Å². The van der Waals surface area contributed by atoms with Crippen molar-refractivity contribution in [2.24, 2.45) is 0 Å². The molecule has 0 atom stereocenters. The standard InChI is InChI=1S/C20H15BrClN3O/c1-26-12-17-19(14-2-6-15(21)7-3-14)20-23-11-10-18(25(20)24-17)13-4-8-16(22)9-5-13/h2-11H,12H2,1H3. The van der Waals surface area contributed by atoms with Crippen molar-refractivity contribution >= 4 is 33.2 Å². The molecule has 4 aromatic rings. The van der Waals surface area contributed by atoms with Gasteiger partial charge in [-0.3, -0.25) is 0 Å². The number of benzene rings is 2. The van der Waals surface area contributed by atoms with E-state index in [2.05, 4.69) is 33.0 Å². The van der Waals surface area contributed by atoms with Gasteiger partial charge in [-0.2, -0.15) is 5.10 Å². The number of hydrogen-bond donors (Lipinski definition) is 0. The Morgan fingerprint density at radius 3 is 2.38 bits per heavy atom. The van der Waals surface area contributed by atoms with Crippen LogP contribution in [0.1, 0.15) is 5.69 Å². The summed E-state index contributed by atoms with van der Waals surface area (Å²) in [6.45, 7) is 0.412. The number of ether oxygens (including phenoxy) is 1. The molecule has 2 heterocycles. The molecule has 0 aliphatic rings. The molecule has 0 radical (unpaired) electrons. The highest BCUT2D eigenvalue weighted by Gasteiger charge is 2.18. The van der Waals surface area contributed by atoms with Gasteiger partial charge >= 0.3 is 0 Å². The first-order valence-corrected chi connectivity index (χ1v) is 9.22. The average molecular weight is 429 g/mol. The van der Waals surface area contributed by atoms with Gasteiger partial charge in [0.25, 0.3) is 0 Å². The summed E-state index contributed by atoms with van der Waals surface area (Å²) in [5.41, 5.74) is 5.66. The zero-order chi connectivity index (χ0) is 18.1. The molecule has 0 bridgehead atoms. The van der Waals surface area contributed by atoms with Gasteiger partial charge in [0.05, 0.1) is 23.6 Å². The lowest BCUT2D eigenvalue weighted by atomic mass is 10.1. The van der Waals surface area contributed by atoms with Crippen LogP contribution in [-0.4, -0.2) is 21.7 Å². The number of halogens is 2. The molecule has 130 valence electrons. The molecule has 0 amide bonds. The van der Waals surface area contributed by atoms with Gasteiger partial charge in [-0.25, -0.2) is 9.50 Å². The summed E-state index contributed by atoms with van der Waals surface area (Å²) in [5.74, 6) is 0. The maximum Gasteiger partial charge on any atom is 0.163 e. The van der Waals surface area contributed by atoms with Gasteiger partial charge in [-0.1, -0.05) is 51.8 Å². The van der Waals surface area contributed by atoms with E-state index in [0.29, 0.717) is 11.6 Å².